The largest absolute Gasteiger partial charge is 0.497 e. The summed E-state index contributed by atoms with van der Waals surface area (Å²) in [5.41, 5.74) is 1.64. The van der Waals surface area contributed by atoms with Crippen LogP contribution in [0.5, 0.6) is 5.75 Å². The van der Waals surface area contributed by atoms with Gasteiger partial charge in [0.25, 0.3) is 5.91 Å². The number of carbonyl (C=O) groups is 3. The number of anilines is 1. The van der Waals surface area contributed by atoms with E-state index in [-0.39, 0.29) is 11.8 Å². The number of hydrogen-bond acceptors (Lipinski definition) is 6. The van der Waals surface area contributed by atoms with Gasteiger partial charge in [0.1, 0.15) is 23.4 Å². The maximum absolute atomic E-state index is 14.4. The first-order valence-electron chi connectivity index (χ1n) is 13.4. The van der Waals surface area contributed by atoms with E-state index in [9.17, 15) is 14.4 Å². The number of nitrogens with zero attached hydrogens (tertiary/aromatic N) is 1. The number of amides is 3. The lowest BCUT2D eigenvalue weighted by molar-refractivity contribution is -0.146. The Morgan fingerprint density at radius 3 is 2.12 bits per heavy atom. The van der Waals surface area contributed by atoms with E-state index >= 15 is 0 Å². The maximum atomic E-state index is 14.4. The zero-order valence-electron chi connectivity index (χ0n) is 25.5. The van der Waals surface area contributed by atoms with Crippen molar-refractivity contribution >= 4 is 35.4 Å². The van der Waals surface area contributed by atoms with Crippen LogP contribution in [0.2, 0.25) is 0 Å². The number of alkyl carbamates (subject to hydrolysis) is 1. The average Bonchev–Trinajstić information content (AvgIpc) is 2.84. The minimum Gasteiger partial charge on any atom is -0.497 e. The fourth-order valence-electron chi connectivity index (χ4n) is 4.29. The second-order valence-corrected chi connectivity index (χ2v) is 12.8. The number of nitrogens with one attached hydrogen (secondary N) is 2. The highest BCUT2D eigenvalue weighted by atomic mass is 32.2. The summed E-state index contributed by atoms with van der Waals surface area (Å²) in [4.78, 5) is 42.9. The summed E-state index contributed by atoms with van der Waals surface area (Å²) in [6, 6.07) is 11.1. The molecule has 0 radical (unpaired) electrons. The topological polar surface area (TPSA) is 97.0 Å². The molecule has 2 N–H and O–H groups in total. The molecule has 0 saturated heterocycles. The molecule has 2 unspecified atom stereocenters. The Morgan fingerprint density at radius 1 is 0.975 bits per heavy atom. The summed E-state index contributed by atoms with van der Waals surface area (Å²) < 4.78 is 10.7. The van der Waals surface area contributed by atoms with Crippen LogP contribution < -0.4 is 15.4 Å². The lowest BCUT2D eigenvalue weighted by Crippen LogP contribution is -2.58. The summed E-state index contributed by atoms with van der Waals surface area (Å²) in [6.07, 6.45) is 1.65. The Balaban J connectivity index is 2.61. The molecule has 0 aliphatic carbocycles. The SMILES string of the molecule is COc1ccc(NC(=O)C(c2cc(C)ccc2C)N(C(=O)C(CCSC)NC(=O)OC(C)(C)C)C(C)(C)C)cc1. The van der Waals surface area contributed by atoms with Gasteiger partial charge in [0.15, 0.2) is 0 Å². The maximum Gasteiger partial charge on any atom is 0.408 e. The molecule has 8 nitrogen and oxygen atoms in total. The minimum absolute atomic E-state index is 0.358. The molecule has 0 saturated carbocycles. The molecule has 9 heteroatoms. The molecule has 220 valence electrons. The van der Waals surface area contributed by atoms with Gasteiger partial charge in [0.2, 0.25) is 5.91 Å². The Kier molecular flexibility index (Phi) is 11.5. The number of hydrogen-bond donors (Lipinski definition) is 2. The molecule has 0 fully saturated rings. The number of aryl methyl sites for hydroxylation is 2. The molecule has 0 bridgehead atoms. The van der Waals surface area contributed by atoms with Crippen LogP contribution in [0.15, 0.2) is 42.5 Å². The molecule has 2 atom stereocenters. The second kappa shape index (κ2) is 13.9. The number of benzene rings is 2. The fourth-order valence-corrected chi connectivity index (χ4v) is 4.76. The molecular weight excluding hydrogens is 526 g/mol. The zero-order chi connectivity index (χ0) is 30.3. The van der Waals surface area contributed by atoms with E-state index in [0.29, 0.717) is 23.6 Å². The van der Waals surface area contributed by atoms with Crippen LogP contribution in [0.1, 0.15) is 70.7 Å². The van der Waals surface area contributed by atoms with Gasteiger partial charge in [0, 0.05) is 11.2 Å². The Morgan fingerprint density at radius 2 is 1.60 bits per heavy atom. The Hall–Kier alpha value is -3.20. The van der Waals surface area contributed by atoms with Gasteiger partial charge < -0.3 is 25.0 Å². The first kappa shape index (κ1) is 33.0. The van der Waals surface area contributed by atoms with E-state index in [1.165, 1.54) is 0 Å². The monoisotopic (exact) mass is 571 g/mol. The van der Waals surface area contributed by atoms with Crippen LogP contribution in [0.25, 0.3) is 0 Å². The van der Waals surface area contributed by atoms with Gasteiger partial charge >= 0.3 is 6.09 Å². The Labute approximate surface area is 243 Å². The normalized spacial score (nSPS) is 13.2. The van der Waals surface area contributed by atoms with Crippen molar-refractivity contribution in [1.82, 2.24) is 10.2 Å². The summed E-state index contributed by atoms with van der Waals surface area (Å²) in [5.74, 6) is 0.586. The third kappa shape index (κ3) is 9.47. The molecule has 3 amide bonds. The Bertz CT molecular complexity index is 1170. The quantitative estimate of drug-likeness (QED) is 0.349. The molecule has 2 aromatic rings. The van der Waals surface area contributed by atoms with E-state index < -0.39 is 29.3 Å². The van der Waals surface area contributed by atoms with E-state index in [0.717, 1.165) is 16.7 Å². The minimum atomic E-state index is -0.966. The van der Waals surface area contributed by atoms with Crippen molar-refractivity contribution in [2.75, 3.05) is 24.4 Å². The second-order valence-electron chi connectivity index (χ2n) is 11.8. The molecule has 0 aliphatic rings. The molecule has 2 rings (SSSR count). The van der Waals surface area contributed by atoms with Crippen molar-refractivity contribution in [3.63, 3.8) is 0 Å². The van der Waals surface area contributed by atoms with Crippen molar-refractivity contribution in [2.45, 2.75) is 85.0 Å². The van der Waals surface area contributed by atoms with Gasteiger partial charge in [-0.2, -0.15) is 11.8 Å². The summed E-state index contributed by atoms with van der Waals surface area (Å²) in [5, 5.41) is 5.78. The lowest BCUT2D eigenvalue weighted by Gasteiger charge is -2.43. The van der Waals surface area contributed by atoms with Gasteiger partial charge in [-0.05, 0) is 109 Å². The first-order valence-corrected chi connectivity index (χ1v) is 14.8. The molecule has 0 aliphatic heterocycles. The van der Waals surface area contributed by atoms with Gasteiger partial charge in [-0.25, -0.2) is 4.79 Å². The third-order valence-corrected chi connectivity index (χ3v) is 6.80. The van der Waals surface area contributed by atoms with Gasteiger partial charge in [-0.1, -0.05) is 23.8 Å². The van der Waals surface area contributed by atoms with E-state index in [4.69, 9.17) is 9.47 Å². The van der Waals surface area contributed by atoms with E-state index in [1.807, 2.05) is 59.1 Å². The van der Waals surface area contributed by atoms with Crippen molar-refractivity contribution in [1.29, 1.82) is 0 Å². The first-order chi connectivity index (χ1) is 18.6. The van der Waals surface area contributed by atoms with Crippen LogP contribution in [0, 0.1) is 13.8 Å². The predicted molar refractivity (Wildman–Crippen MR) is 163 cm³/mol. The lowest BCUT2D eigenvalue weighted by atomic mass is 9.91. The highest BCUT2D eigenvalue weighted by Crippen LogP contribution is 2.34. The summed E-state index contributed by atoms with van der Waals surface area (Å²) in [7, 11) is 1.58. The molecule has 0 aromatic heterocycles. The van der Waals surface area contributed by atoms with Gasteiger partial charge in [-0.3, -0.25) is 9.59 Å². The van der Waals surface area contributed by atoms with Crippen LogP contribution in [-0.4, -0.2) is 59.1 Å². The van der Waals surface area contributed by atoms with Crippen molar-refractivity contribution in [3.8, 4) is 5.75 Å². The van der Waals surface area contributed by atoms with Gasteiger partial charge in [0.05, 0.1) is 7.11 Å². The third-order valence-electron chi connectivity index (χ3n) is 6.15. The number of ether oxygens (including phenoxy) is 2. The highest BCUT2D eigenvalue weighted by Gasteiger charge is 2.42. The standard InChI is InChI=1S/C31H45N3O5S/c1-20-11-12-21(2)24(19-20)26(27(35)32-22-13-15-23(38-9)16-14-22)34(30(3,4)5)28(36)25(17-18-40-10)33-29(37)39-31(6,7)8/h11-16,19,25-26H,17-18H2,1-10H3,(H,32,35)(H,33,37). The number of carbonyl (C=O) groups excluding carboxylic acids is 3. The van der Waals surface area contributed by atoms with Crippen molar-refractivity contribution in [2.24, 2.45) is 0 Å². The molecule has 40 heavy (non-hydrogen) atoms. The number of methoxy groups -OCH3 is 1. The van der Waals surface area contributed by atoms with Crippen LogP contribution >= 0.6 is 11.8 Å². The number of rotatable bonds is 10. The van der Waals surface area contributed by atoms with Crippen molar-refractivity contribution in [3.05, 3.63) is 59.2 Å². The highest BCUT2D eigenvalue weighted by molar-refractivity contribution is 7.98. The van der Waals surface area contributed by atoms with E-state index in [1.54, 1.807) is 68.8 Å². The summed E-state index contributed by atoms with van der Waals surface area (Å²) in [6.45, 7) is 14.9. The predicted octanol–water partition coefficient (Wildman–Crippen LogP) is 6.27. The molecule has 0 heterocycles. The molecular formula is C31H45N3O5S. The van der Waals surface area contributed by atoms with E-state index in [2.05, 4.69) is 10.6 Å². The van der Waals surface area contributed by atoms with Crippen molar-refractivity contribution < 1.29 is 23.9 Å². The average molecular weight is 572 g/mol. The van der Waals surface area contributed by atoms with Crippen LogP contribution in [0.3, 0.4) is 0 Å². The zero-order valence-corrected chi connectivity index (χ0v) is 26.3. The fraction of sp³-hybridized carbons (Fsp3) is 0.516. The molecule has 0 spiro atoms. The van der Waals surface area contributed by atoms with Gasteiger partial charge in [-0.15, -0.1) is 0 Å². The molecule has 2 aromatic carbocycles. The summed E-state index contributed by atoms with van der Waals surface area (Å²) >= 11 is 1.57. The number of thioether (sulfide) groups is 1. The smallest absolute Gasteiger partial charge is 0.408 e. The van der Waals surface area contributed by atoms with Crippen LogP contribution in [0.4, 0.5) is 10.5 Å². The van der Waals surface area contributed by atoms with Crippen LogP contribution in [-0.2, 0) is 14.3 Å².